The first-order valence-corrected chi connectivity index (χ1v) is 9.02. The number of sulfonamides is 1. The number of hydrogen-bond donors (Lipinski definition) is 1. The highest BCUT2D eigenvalue weighted by atomic mass is 32.2. The molecule has 1 aromatic heterocycles. The van der Waals surface area contributed by atoms with Gasteiger partial charge in [0.15, 0.2) is 5.82 Å². The highest BCUT2D eigenvalue weighted by Gasteiger charge is 2.23. The van der Waals surface area contributed by atoms with Crippen LogP contribution in [0.5, 0.6) is 0 Å². The van der Waals surface area contributed by atoms with Gasteiger partial charge in [-0.1, -0.05) is 0 Å². The minimum atomic E-state index is -3.80. The van der Waals surface area contributed by atoms with Gasteiger partial charge in [-0.3, -0.25) is 9.29 Å². The number of nitriles is 1. The highest BCUT2D eigenvalue weighted by molar-refractivity contribution is 7.92. The molecule has 0 unspecified atom stereocenters. The number of anilines is 1. The molecule has 0 bridgehead atoms. The Morgan fingerprint density at radius 2 is 2.00 bits per heavy atom. The quantitative estimate of drug-likeness (QED) is 0.810. The van der Waals surface area contributed by atoms with Gasteiger partial charge in [0, 0.05) is 6.54 Å². The smallest absolute Gasteiger partial charge is 0.282 e. The average molecular weight is 389 g/mol. The van der Waals surface area contributed by atoms with Crippen molar-refractivity contribution < 1.29 is 21.6 Å². The molecule has 26 heavy (non-hydrogen) atoms. The number of alkyl halides is 2. The largest absolute Gasteiger partial charge is 0.350 e. The lowest BCUT2D eigenvalue weighted by atomic mass is 10.1. The summed E-state index contributed by atoms with van der Waals surface area (Å²) in [5, 5.41) is 12.5. The van der Waals surface area contributed by atoms with Crippen LogP contribution in [0.1, 0.15) is 31.7 Å². The molecular formula is C14H14F3N5O3S. The number of halogens is 3. The van der Waals surface area contributed by atoms with Crippen molar-refractivity contribution in [2.24, 2.45) is 0 Å². The molecule has 1 heterocycles. The third-order valence-electron chi connectivity index (χ3n) is 3.48. The van der Waals surface area contributed by atoms with E-state index in [9.17, 15) is 26.4 Å². The van der Waals surface area contributed by atoms with Gasteiger partial charge < -0.3 is 0 Å². The van der Waals surface area contributed by atoms with Crippen LogP contribution in [0.3, 0.4) is 0 Å². The zero-order valence-corrected chi connectivity index (χ0v) is 14.5. The monoisotopic (exact) mass is 389 g/mol. The Kier molecular flexibility index (Phi) is 5.41. The van der Waals surface area contributed by atoms with Crippen LogP contribution in [-0.2, 0) is 16.6 Å². The molecule has 12 heteroatoms. The molecule has 1 aromatic carbocycles. The Balaban J connectivity index is 2.72. The van der Waals surface area contributed by atoms with Crippen molar-refractivity contribution in [1.29, 1.82) is 5.26 Å². The first-order valence-electron chi connectivity index (χ1n) is 7.37. The van der Waals surface area contributed by atoms with Crippen LogP contribution in [0, 0.1) is 17.1 Å². The van der Waals surface area contributed by atoms with Crippen molar-refractivity contribution in [1.82, 2.24) is 14.3 Å². The molecule has 8 nitrogen and oxygen atoms in total. The topological polar surface area (TPSA) is 110 Å². The van der Waals surface area contributed by atoms with E-state index in [2.05, 4.69) is 9.82 Å². The minimum Gasteiger partial charge on any atom is -0.282 e. The maximum Gasteiger partial charge on any atom is 0.350 e. The second kappa shape index (κ2) is 7.20. The summed E-state index contributed by atoms with van der Waals surface area (Å²) >= 11 is 0. The van der Waals surface area contributed by atoms with Crippen LogP contribution in [0.4, 0.5) is 18.9 Å². The fourth-order valence-electron chi connectivity index (χ4n) is 2.17. The van der Waals surface area contributed by atoms with E-state index in [-0.39, 0.29) is 23.5 Å². The Hall–Kier alpha value is -2.81. The number of benzene rings is 1. The summed E-state index contributed by atoms with van der Waals surface area (Å²) in [4.78, 5) is 12.2. The van der Waals surface area contributed by atoms with E-state index in [0.29, 0.717) is 15.3 Å². The van der Waals surface area contributed by atoms with Crippen molar-refractivity contribution in [2.45, 2.75) is 26.8 Å². The fourth-order valence-corrected chi connectivity index (χ4v) is 2.82. The van der Waals surface area contributed by atoms with Gasteiger partial charge in [0.05, 0.1) is 17.0 Å². The van der Waals surface area contributed by atoms with E-state index >= 15 is 0 Å². The standard InChI is InChI=1S/C14H14F3N5O3S/c1-3-21-13(12(16)17)19-22(14(21)23)11-6-10(20-26(24,25)4-2)8(7-18)5-9(11)15/h5-6,12,20H,3-4H2,1-2H3. The zero-order valence-electron chi connectivity index (χ0n) is 13.7. The van der Waals surface area contributed by atoms with Gasteiger partial charge in [-0.25, -0.2) is 26.4 Å². The highest BCUT2D eigenvalue weighted by Crippen LogP contribution is 2.24. The van der Waals surface area contributed by atoms with Gasteiger partial charge >= 0.3 is 5.69 Å². The second-order valence-electron chi connectivity index (χ2n) is 5.06. The van der Waals surface area contributed by atoms with Crippen molar-refractivity contribution in [3.63, 3.8) is 0 Å². The molecule has 0 radical (unpaired) electrons. The van der Waals surface area contributed by atoms with E-state index in [1.165, 1.54) is 13.8 Å². The Morgan fingerprint density at radius 3 is 2.46 bits per heavy atom. The molecule has 0 amide bonds. The van der Waals surface area contributed by atoms with Crippen molar-refractivity contribution in [3.8, 4) is 11.8 Å². The summed E-state index contributed by atoms with van der Waals surface area (Å²) in [6, 6.07) is 3.18. The average Bonchev–Trinajstić information content (AvgIpc) is 2.92. The molecule has 0 saturated carbocycles. The Morgan fingerprint density at radius 1 is 1.35 bits per heavy atom. The van der Waals surface area contributed by atoms with Gasteiger partial charge in [-0.15, -0.1) is 5.10 Å². The fraction of sp³-hybridized carbons (Fsp3) is 0.357. The summed E-state index contributed by atoms with van der Waals surface area (Å²) < 4.78 is 67.0. The molecule has 1 N–H and O–H groups in total. The number of hydrogen-bond acceptors (Lipinski definition) is 5. The predicted octanol–water partition coefficient (Wildman–Crippen LogP) is 1.76. The van der Waals surface area contributed by atoms with E-state index < -0.39 is 39.5 Å². The molecule has 2 aromatic rings. The number of nitrogens with one attached hydrogen (secondary N) is 1. The third-order valence-corrected chi connectivity index (χ3v) is 4.77. The van der Waals surface area contributed by atoms with Crippen molar-refractivity contribution in [2.75, 3.05) is 10.5 Å². The van der Waals surface area contributed by atoms with Gasteiger partial charge in [-0.05, 0) is 26.0 Å². The van der Waals surface area contributed by atoms with Crippen LogP contribution in [0.15, 0.2) is 16.9 Å². The molecule has 0 fully saturated rings. The predicted molar refractivity (Wildman–Crippen MR) is 86.2 cm³/mol. The van der Waals surface area contributed by atoms with Crippen LogP contribution in [0.25, 0.3) is 5.69 Å². The molecule has 0 aliphatic heterocycles. The maximum absolute atomic E-state index is 14.3. The minimum absolute atomic E-state index is 0.119. The van der Waals surface area contributed by atoms with Gasteiger partial charge in [0.25, 0.3) is 6.43 Å². The van der Waals surface area contributed by atoms with Crippen molar-refractivity contribution in [3.05, 3.63) is 39.8 Å². The molecule has 2 rings (SSSR count). The van der Waals surface area contributed by atoms with E-state index in [1.54, 1.807) is 6.07 Å². The summed E-state index contributed by atoms with van der Waals surface area (Å²) in [6.07, 6.45) is -3.07. The van der Waals surface area contributed by atoms with Crippen LogP contribution >= 0.6 is 0 Å². The molecule has 0 aliphatic rings. The Bertz CT molecular complexity index is 1040. The molecular weight excluding hydrogens is 375 g/mol. The van der Waals surface area contributed by atoms with Gasteiger partial charge in [-0.2, -0.15) is 9.94 Å². The van der Waals surface area contributed by atoms with Gasteiger partial charge in [0.2, 0.25) is 15.8 Å². The summed E-state index contributed by atoms with van der Waals surface area (Å²) in [5.74, 6) is -2.26. The number of aromatic nitrogens is 3. The van der Waals surface area contributed by atoms with Crippen LogP contribution in [-0.4, -0.2) is 28.5 Å². The van der Waals surface area contributed by atoms with E-state index in [0.717, 1.165) is 6.07 Å². The third kappa shape index (κ3) is 3.57. The van der Waals surface area contributed by atoms with Crippen LogP contribution < -0.4 is 10.4 Å². The molecule has 0 spiro atoms. The molecule has 0 atom stereocenters. The normalized spacial score (nSPS) is 11.6. The molecule has 0 saturated heterocycles. The lowest BCUT2D eigenvalue weighted by Gasteiger charge is -2.10. The number of rotatable bonds is 6. The summed E-state index contributed by atoms with van der Waals surface area (Å²) in [7, 11) is -3.80. The second-order valence-corrected chi connectivity index (χ2v) is 7.07. The van der Waals surface area contributed by atoms with Crippen molar-refractivity contribution >= 4 is 15.7 Å². The van der Waals surface area contributed by atoms with Gasteiger partial charge in [0.1, 0.15) is 11.8 Å². The lowest BCUT2D eigenvalue weighted by Crippen LogP contribution is -2.25. The Labute approximate surface area is 146 Å². The summed E-state index contributed by atoms with van der Waals surface area (Å²) in [5.41, 5.74) is -2.20. The SMILES string of the molecule is CCn1c(C(F)F)nn(-c2cc(NS(=O)(=O)CC)c(C#N)cc2F)c1=O. The summed E-state index contributed by atoms with van der Waals surface area (Å²) in [6.45, 7) is 2.67. The molecule has 0 aliphatic carbocycles. The van der Waals surface area contributed by atoms with Crippen LogP contribution in [0.2, 0.25) is 0 Å². The zero-order chi connectivity index (χ0) is 19.6. The first-order chi connectivity index (χ1) is 12.1. The maximum atomic E-state index is 14.3. The molecule has 140 valence electrons. The van der Waals surface area contributed by atoms with E-state index in [4.69, 9.17) is 5.26 Å². The van der Waals surface area contributed by atoms with E-state index in [1.807, 2.05) is 0 Å². The number of nitrogens with zero attached hydrogens (tertiary/aromatic N) is 4. The first kappa shape index (κ1) is 19.5. The lowest BCUT2D eigenvalue weighted by molar-refractivity contribution is 0.134.